The summed E-state index contributed by atoms with van der Waals surface area (Å²) < 4.78 is 18.0. The van der Waals surface area contributed by atoms with Crippen molar-refractivity contribution >= 4 is 46.4 Å². The molecule has 1 amide bonds. The van der Waals surface area contributed by atoms with E-state index in [9.17, 15) is 14.4 Å². The van der Waals surface area contributed by atoms with E-state index in [1.807, 2.05) is 33.8 Å². The van der Waals surface area contributed by atoms with Gasteiger partial charge in [-0.25, -0.2) is 4.98 Å². The smallest absolute Gasteiger partial charge is 0.308 e. The lowest BCUT2D eigenvalue weighted by atomic mass is 9.78. The van der Waals surface area contributed by atoms with Crippen LogP contribution in [0.15, 0.2) is 18.5 Å². The molecule has 0 aliphatic heterocycles. The molecule has 2 aromatic heterocycles. The summed E-state index contributed by atoms with van der Waals surface area (Å²) in [4.78, 5) is 49.8. The van der Waals surface area contributed by atoms with Crippen LogP contribution in [0.25, 0.3) is 11.2 Å². The molecule has 1 aromatic carbocycles. The van der Waals surface area contributed by atoms with Crippen molar-refractivity contribution in [2.75, 3.05) is 19.0 Å². The SMILES string of the molecule is COC(CCn1cnc2c(NC(=O)CC(C)(C)c3c(C)cc(C)cc3OC(C)=O)nc(Cl)nc21)COC(=O)C(C)C. The fraction of sp³-hybridized carbons (Fsp3) is 0.517. The van der Waals surface area contributed by atoms with Gasteiger partial charge in [0.2, 0.25) is 11.2 Å². The molecule has 0 fully saturated rings. The van der Waals surface area contributed by atoms with Gasteiger partial charge in [0.15, 0.2) is 17.0 Å². The number of amides is 1. The fourth-order valence-electron chi connectivity index (χ4n) is 4.76. The second-order valence-corrected chi connectivity index (χ2v) is 11.4. The number of nitrogens with one attached hydrogen (secondary N) is 1. The Bertz CT molecular complexity index is 1430. The third-order valence-electron chi connectivity index (χ3n) is 6.58. The van der Waals surface area contributed by atoms with Crippen LogP contribution >= 0.6 is 11.6 Å². The van der Waals surface area contributed by atoms with Crippen LogP contribution in [0.2, 0.25) is 5.28 Å². The Morgan fingerprint density at radius 2 is 1.85 bits per heavy atom. The first-order chi connectivity index (χ1) is 19.2. The number of benzene rings is 1. The molecular weight excluding hydrogens is 550 g/mol. The van der Waals surface area contributed by atoms with E-state index >= 15 is 0 Å². The first-order valence-corrected chi connectivity index (χ1v) is 13.8. The molecule has 0 aliphatic rings. The Morgan fingerprint density at radius 1 is 1.15 bits per heavy atom. The highest BCUT2D eigenvalue weighted by Gasteiger charge is 2.31. The topological polar surface area (TPSA) is 135 Å². The summed E-state index contributed by atoms with van der Waals surface area (Å²) in [5.74, 6) is -0.635. The van der Waals surface area contributed by atoms with E-state index in [0.717, 1.165) is 16.7 Å². The zero-order valence-corrected chi connectivity index (χ0v) is 25.6. The molecule has 0 radical (unpaired) electrons. The molecule has 1 N–H and O–H groups in total. The number of anilines is 1. The highest BCUT2D eigenvalue weighted by atomic mass is 35.5. The van der Waals surface area contributed by atoms with Crippen molar-refractivity contribution in [1.29, 1.82) is 0 Å². The second-order valence-electron chi connectivity index (χ2n) is 11.0. The van der Waals surface area contributed by atoms with Crippen LogP contribution in [0.5, 0.6) is 5.75 Å². The number of ether oxygens (including phenoxy) is 3. The van der Waals surface area contributed by atoms with Gasteiger partial charge in [0.05, 0.1) is 18.3 Å². The summed E-state index contributed by atoms with van der Waals surface area (Å²) in [5, 5.41) is 2.79. The monoisotopic (exact) mass is 587 g/mol. The summed E-state index contributed by atoms with van der Waals surface area (Å²) in [6.45, 7) is 13.2. The van der Waals surface area contributed by atoms with Crippen molar-refractivity contribution < 1.29 is 28.6 Å². The number of imidazole rings is 1. The van der Waals surface area contributed by atoms with Crippen molar-refractivity contribution in [3.8, 4) is 5.75 Å². The molecule has 3 aromatic rings. The second kappa shape index (κ2) is 13.4. The maximum absolute atomic E-state index is 13.3. The number of esters is 2. The number of methoxy groups -OCH3 is 1. The minimum Gasteiger partial charge on any atom is -0.463 e. The summed E-state index contributed by atoms with van der Waals surface area (Å²) >= 11 is 6.23. The summed E-state index contributed by atoms with van der Waals surface area (Å²) in [6, 6.07) is 3.79. The fourth-order valence-corrected chi connectivity index (χ4v) is 4.92. The number of aromatic nitrogens is 4. The molecule has 3 rings (SSSR count). The van der Waals surface area contributed by atoms with Crippen LogP contribution in [-0.2, 0) is 35.8 Å². The van der Waals surface area contributed by atoms with Gasteiger partial charge < -0.3 is 24.1 Å². The lowest BCUT2D eigenvalue weighted by molar-refractivity contribution is -0.151. The van der Waals surface area contributed by atoms with E-state index in [2.05, 4.69) is 20.3 Å². The van der Waals surface area contributed by atoms with E-state index in [1.165, 1.54) is 6.92 Å². The largest absolute Gasteiger partial charge is 0.463 e. The maximum Gasteiger partial charge on any atom is 0.308 e. The highest BCUT2D eigenvalue weighted by Crippen LogP contribution is 2.38. The Labute approximate surface area is 244 Å². The van der Waals surface area contributed by atoms with Crippen molar-refractivity contribution in [2.24, 2.45) is 5.92 Å². The first kappa shape index (κ1) is 32.0. The van der Waals surface area contributed by atoms with Gasteiger partial charge >= 0.3 is 11.9 Å². The van der Waals surface area contributed by atoms with Crippen LogP contribution in [0, 0.1) is 19.8 Å². The van der Waals surface area contributed by atoms with E-state index in [4.69, 9.17) is 25.8 Å². The molecular formula is C29H38ClN5O6. The first-order valence-electron chi connectivity index (χ1n) is 13.4. The number of hydrogen-bond donors (Lipinski definition) is 1. The van der Waals surface area contributed by atoms with Crippen molar-refractivity contribution in [3.63, 3.8) is 0 Å². The lowest BCUT2D eigenvalue weighted by Gasteiger charge is -2.29. The van der Waals surface area contributed by atoms with Gasteiger partial charge in [-0.05, 0) is 49.1 Å². The molecule has 1 atom stereocenters. The Hall–Kier alpha value is -3.57. The molecule has 0 spiro atoms. The van der Waals surface area contributed by atoms with E-state index < -0.39 is 11.4 Å². The number of fused-ring (bicyclic) bond motifs is 1. The minimum absolute atomic E-state index is 0.0468. The molecule has 11 nitrogen and oxygen atoms in total. The standard InChI is InChI=1S/C29H38ClN5O6/c1-16(2)27(38)40-14-20(39-8)9-10-35-15-31-24-25(33-28(30)34-26(24)35)32-22(37)13-29(6,7)23-18(4)11-17(3)12-21(23)41-19(5)36/h11-12,15-16,20H,9-10,13-14H2,1-8H3,(H,32,33,34,37). The van der Waals surface area contributed by atoms with E-state index in [-0.39, 0.29) is 48.0 Å². The van der Waals surface area contributed by atoms with Crippen molar-refractivity contribution in [2.45, 2.75) is 79.4 Å². The normalized spacial score (nSPS) is 12.4. The molecule has 0 bridgehead atoms. The van der Waals surface area contributed by atoms with E-state index in [1.54, 1.807) is 37.9 Å². The average Bonchev–Trinajstić information content (AvgIpc) is 3.25. The number of carbonyl (C=O) groups is 3. The highest BCUT2D eigenvalue weighted by molar-refractivity contribution is 6.28. The van der Waals surface area contributed by atoms with Gasteiger partial charge in [-0.15, -0.1) is 0 Å². The zero-order valence-electron chi connectivity index (χ0n) is 24.8. The Kier molecular flexibility index (Phi) is 10.4. The summed E-state index contributed by atoms with van der Waals surface area (Å²) in [6.07, 6.45) is 1.85. The van der Waals surface area contributed by atoms with Crippen LogP contribution in [0.3, 0.4) is 0 Å². The van der Waals surface area contributed by atoms with Gasteiger partial charge in [-0.2, -0.15) is 9.97 Å². The van der Waals surface area contributed by atoms with Gasteiger partial charge in [0, 0.05) is 38.0 Å². The maximum atomic E-state index is 13.3. The van der Waals surface area contributed by atoms with Crippen LogP contribution in [0.4, 0.5) is 5.82 Å². The van der Waals surface area contributed by atoms with Gasteiger partial charge in [-0.3, -0.25) is 14.4 Å². The van der Waals surface area contributed by atoms with Crippen molar-refractivity contribution in [1.82, 2.24) is 19.5 Å². The summed E-state index contributed by atoms with van der Waals surface area (Å²) in [5.41, 5.74) is 2.78. The number of nitrogens with zero attached hydrogens (tertiary/aromatic N) is 4. The third-order valence-corrected chi connectivity index (χ3v) is 6.75. The van der Waals surface area contributed by atoms with Gasteiger partial charge in [-0.1, -0.05) is 33.8 Å². The van der Waals surface area contributed by atoms with Gasteiger partial charge in [0.1, 0.15) is 12.4 Å². The quantitative estimate of drug-likeness (QED) is 0.178. The molecule has 12 heteroatoms. The minimum atomic E-state index is -0.684. The molecule has 0 aliphatic carbocycles. The Morgan fingerprint density at radius 3 is 2.49 bits per heavy atom. The molecule has 41 heavy (non-hydrogen) atoms. The third kappa shape index (κ3) is 8.23. The number of aryl methyl sites for hydroxylation is 3. The molecule has 0 saturated carbocycles. The number of rotatable bonds is 12. The van der Waals surface area contributed by atoms with Crippen LogP contribution < -0.4 is 10.1 Å². The van der Waals surface area contributed by atoms with Crippen LogP contribution in [-0.4, -0.2) is 57.2 Å². The zero-order chi connectivity index (χ0) is 30.5. The van der Waals surface area contributed by atoms with Crippen LogP contribution in [0.1, 0.15) is 64.2 Å². The average molecular weight is 588 g/mol. The van der Waals surface area contributed by atoms with Crippen molar-refractivity contribution in [3.05, 3.63) is 40.4 Å². The molecule has 222 valence electrons. The molecule has 1 unspecified atom stereocenters. The molecule has 0 saturated heterocycles. The predicted molar refractivity (Wildman–Crippen MR) is 155 cm³/mol. The number of halogens is 1. The molecule has 2 heterocycles. The number of carbonyl (C=O) groups excluding carboxylic acids is 3. The Balaban J connectivity index is 1.78. The summed E-state index contributed by atoms with van der Waals surface area (Å²) in [7, 11) is 1.56. The predicted octanol–water partition coefficient (Wildman–Crippen LogP) is 4.93. The number of hydrogen-bond acceptors (Lipinski definition) is 9. The van der Waals surface area contributed by atoms with E-state index in [0.29, 0.717) is 29.9 Å². The van der Waals surface area contributed by atoms with Gasteiger partial charge in [0.25, 0.3) is 0 Å². The lowest BCUT2D eigenvalue weighted by Crippen LogP contribution is -2.28.